The Morgan fingerprint density at radius 3 is 2.80 bits per heavy atom. The SMILES string of the molecule is CC(=O)C1NCC2=C1C=CCC2.CCC. The van der Waals surface area contributed by atoms with Crippen molar-refractivity contribution in [3.8, 4) is 0 Å². The number of allylic oxidation sites excluding steroid dienone is 1. The molecule has 2 rings (SSSR count). The van der Waals surface area contributed by atoms with Gasteiger partial charge in [0.15, 0.2) is 5.78 Å². The van der Waals surface area contributed by atoms with Gasteiger partial charge in [0.05, 0.1) is 6.04 Å². The topological polar surface area (TPSA) is 29.1 Å². The Labute approximate surface area is 92.4 Å². The van der Waals surface area contributed by atoms with Crippen molar-refractivity contribution in [2.45, 2.75) is 46.1 Å². The average molecular weight is 207 g/mol. The van der Waals surface area contributed by atoms with Gasteiger partial charge in [-0.2, -0.15) is 0 Å². The molecular formula is C13H21NO. The zero-order valence-corrected chi connectivity index (χ0v) is 9.97. The highest BCUT2D eigenvalue weighted by atomic mass is 16.1. The van der Waals surface area contributed by atoms with Crippen molar-refractivity contribution in [3.63, 3.8) is 0 Å². The van der Waals surface area contributed by atoms with Crippen molar-refractivity contribution in [2.24, 2.45) is 0 Å². The van der Waals surface area contributed by atoms with Gasteiger partial charge in [-0.3, -0.25) is 4.79 Å². The van der Waals surface area contributed by atoms with Gasteiger partial charge < -0.3 is 5.32 Å². The molecule has 0 aromatic carbocycles. The first-order valence-electron chi connectivity index (χ1n) is 5.83. The minimum atomic E-state index is -0.0171. The summed E-state index contributed by atoms with van der Waals surface area (Å²) in [5, 5.41) is 3.22. The van der Waals surface area contributed by atoms with Crippen LogP contribution in [0.2, 0.25) is 0 Å². The highest BCUT2D eigenvalue weighted by molar-refractivity contribution is 5.86. The number of ketones is 1. The minimum absolute atomic E-state index is 0.0171. The van der Waals surface area contributed by atoms with Gasteiger partial charge in [0.1, 0.15) is 0 Å². The van der Waals surface area contributed by atoms with Gasteiger partial charge >= 0.3 is 0 Å². The molecule has 84 valence electrons. The van der Waals surface area contributed by atoms with E-state index in [0.29, 0.717) is 0 Å². The van der Waals surface area contributed by atoms with E-state index in [4.69, 9.17) is 0 Å². The zero-order valence-electron chi connectivity index (χ0n) is 9.97. The van der Waals surface area contributed by atoms with Crippen LogP contribution in [0.1, 0.15) is 40.0 Å². The number of nitrogens with one attached hydrogen (secondary N) is 1. The Morgan fingerprint density at radius 2 is 2.20 bits per heavy atom. The predicted molar refractivity (Wildman–Crippen MR) is 63.8 cm³/mol. The molecule has 1 aliphatic heterocycles. The lowest BCUT2D eigenvalue weighted by Crippen LogP contribution is -2.31. The van der Waals surface area contributed by atoms with E-state index in [9.17, 15) is 4.79 Å². The molecule has 0 amide bonds. The number of rotatable bonds is 1. The van der Waals surface area contributed by atoms with Crippen molar-refractivity contribution < 1.29 is 4.79 Å². The average Bonchev–Trinajstić information content (AvgIpc) is 2.62. The highest BCUT2D eigenvalue weighted by Crippen LogP contribution is 2.25. The number of hydrogen-bond donors (Lipinski definition) is 1. The van der Waals surface area contributed by atoms with Crippen LogP contribution < -0.4 is 5.32 Å². The van der Waals surface area contributed by atoms with E-state index in [1.165, 1.54) is 17.6 Å². The molecule has 0 fully saturated rings. The molecule has 0 saturated heterocycles. The fraction of sp³-hybridized carbons (Fsp3) is 0.615. The van der Waals surface area contributed by atoms with Gasteiger partial charge in [0.2, 0.25) is 0 Å². The third-order valence-corrected chi connectivity index (χ3v) is 2.56. The van der Waals surface area contributed by atoms with E-state index < -0.39 is 0 Å². The Kier molecular flexibility index (Phi) is 4.76. The molecule has 0 spiro atoms. The van der Waals surface area contributed by atoms with Crippen LogP contribution in [-0.4, -0.2) is 18.4 Å². The van der Waals surface area contributed by atoms with Gasteiger partial charge in [0, 0.05) is 6.54 Å². The van der Waals surface area contributed by atoms with Crippen LogP contribution in [0.4, 0.5) is 0 Å². The van der Waals surface area contributed by atoms with E-state index in [1.54, 1.807) is 6.92 Å². The second-order valence-electron chi connectivity index (χ2n) is 4.13. The highest BCUT2D eigenvalue weighted by Gasteiger charge is 2.27. The number of carbonyl (C=O) groups is 1. The van der Waals surface area contributed by atoms with Crippen LogP contribution in [0, 0.1) is 0 Å². The lowest BCUT2D eigenvalue weighted by Gasteiger charge is -2.11. The van der Waals surface area contributed by atoms with Crippen molar-refractivity contribution in [1.29, 1.82) is 0 Å². The molecule has 1 unspecified atom stereocenters. The largest absolute Gasteiger partial charge is 0.300 e. The first-order chi connectivity index (χ1) is 7.20. The van der Waals surface area contributed by atoms with Crippen molar-refractivity contribution in [2.75, 3.05) is 6.54 Å². The molecule has 0 aromatic rings. The summed E-state index contributed by atoms with van der Waals surface area (Å²) in [6, 6.07) is -0.0171. The molecule has 1 atom stereocenters. The summed E-state index contributed by atoms with van der Waals surface area (Å²) in [5.41, 5.74) is 2.66. The Hall–Kier alpha value is -0.890. The number of carbonyl (C=O) groups excluding carboxylic acids is 1. The van der Waals surface area contributed by atoms with Crippen LogP contribution in [0.25, 0.3) is 0 Å². The molecule has 0 radical (unpaired) electrons. The van der Waals surface area contributed by atoms with Crippen molar-refractivity contribution >= 4 is 5.78 Å². The molecule has 0 bridgehead atoms. The molecule has 0 aromatic heterocycles. The van der Waals surface area contributed by atoms with E-state index in [1.807, 2.05) is 0 Å². The molecule has 15 heavy (non-hydrogen) atoms. The Morgan fingerprint density at radius 1 is 1.53 bits per heavy atom. The minimum Gasteiger partial charge on any atom is -0.300 e. The fourth-order valence-electron chi connectivity index (χ4n) is 1.92. The van der Waals surface area contributed by atoms with Crippen molar-refractivity contribution in [1.82, 2.24) is 5.32 Å². The van der Waals surface area contributed by atoms with Gasteiger partial charge in [-0.25, -0.2) is 0 Å². The zero-order chi connectivity index (χ0) is 11.3. The Balaban J connectivity index is 0.000000337. The summed E-state index contributed by atoms with van der Waals surface area (Å²) in [4.78, 5) is 11.2. The maximum atomic E-state index is 11.2. The third-order valence-electron chi connectivity index (χ3n) is 2.56. The van der Waals surface area contributed by atoms with Crippen molar-refractivity contribution in [3.05, 3.63) is 23.3 Å². The van der Waals surface area contributed by atoms with Gasteiger partial charge in [-0.05, 0) is 25.3 Å². The molecule has 1 aliphatic carbocycles. The first kappa shape index (κ1) is 12.2. The summed E-state index contributed by atoms with van der Waals surface area (Å²) in [5.74, 6) is 0.228. The molecular weight excluding hydrogens is 186 g/mol. The van der Waals surface area contributed by atoms with E-state index in [0.717, 1.165) is 19.4 Å². The molecule has 0 saturated carbocycles. The fourth-order valence-corrected chi connectivity index (χ4v) is 1.92. The maximum Gasteiger partial charge on any atom is 0.151 e. The van der Waals surface area contributed by atoms with E-state index >= 15 is 0 Å². The number of Topliss-reactive ketones (excluding diaryl/α,β-unsaturated/α-hetero) is 1. The molecule has 2 nitrogen and oxygen atoms in total. The number of hydrogen-bond acceptors (Lipinski definition) is 2. The monoisotopic (exact) mass is 207 g/mol. The van der Waals surface area contributed by atoms with Gasteiger partial charge in [-0.15, -0.1) is 0 Å². The summed E-state index contributed by atoms with van der Waals surface area (Å²) in [6.07, 6.45) is 7.76. The quantitative estimate of drug-likeness (QED) is 0.716. The summed E-state index contributed by atoms with van der Waals surface area (Å²) >= 11 is 0. The normalized spacial score (nSPS) is 23.3. The van der Waals surface area contributed by atoms with Crippen LogP contribution in [-0.2, 0) is 4.79 Å². The van der Waals surface area contributed by atoms with E-state index in [2.05, 4.69) is 31.3 Å². The molecule has 2 heteroatoms. The Bertz CT molecular complexity index is 289. The van der Waals surface area contributed by atoms with E-state index in [-0.39, 0.29) is 11.8 Å². The molecule has 1 N–H and O–H groups in total. The van der Waals surface area contributed by atoms with Crippen LogP contribution >= 0.6 is 0 Å². The van der Waals surface area contributed by atoms with Gasteiger partial charge in [-0.1, -0.05) is 38.0 Å². The second-order valence-corrected chi connectivity index (χ2v) is 4.13. The predicted octanol–water partition coefficient (Wildman–Crippen LogP) is 2.61. The summed E-state index contributed by atoms with van der Waals surface area (Å²) in [6.45, 7) is 6.81. The van der Waals surface area contributed by atoms with Gasteiger partial charge in [0.25, 0.3) is 0 Å². The van der Waals surface area contributed by atoms with Crippen LogP contribution in [0.3, 0.4) is 0 Å². The third kappa shape index (κ3) is 3.03. The van der Waals surface area contributed by atoms with Crippen LogP contribution in [0.5, 0.6) is 0 Å². The molecule has 1 heterocycles. The van der Waals surface area contributed by atoms with Crippen LogP contribution in [0.15, 0.2) is 23.3 Å². The first-order valence-corrected chi connectivity index (χ1v) is 5.83. The summed E-state index contributed by atoms with van der Waals surface area (Å²) in [7, 11) is 0. The second kappa shape index (κ2) is 5.86. The maximum absolute atomic E-state index is 11.2. The summed E-state index contributed by atoms with van der Waals surface area (Å²) < 4.78 is 0. The lowest BCUT2D eigenvalue weighted by molar-refractivity contribution is -0.117. The lowest BCUT2D eigenvalue weighted by atomic mass is 9.95. The standard InChI is InChI=1S/C10H13NO.C3H8/c1-7(12)10-9-5-3-2-4-8(9)6-11-10;1-3-2/h3,5,10-11H,2,4,6H2,1H3;3H2,1-2H3. The molecule has 2 aliphatic rings. The smallest absolute Gasteiger partial charge is 0.151 e.